The Balaban J connectivity index is 3.28. The summed E-state index contributed by atoms with van der Waals surface area (Å²) in [5.74, 6) is 0. The van der Waals surface area contributed by atoms with Gasteiger partial charge in [-0.3, -0.25) is 4.90 Å². The molecule has 0 radical (unpaired) electrons. The van der Waals surface area contributed by atoms with Gasteiger partial charge in [-0.15, -0.1) is 0 Å². The SMILES string of the molecule is CCN(CCNCCNC)C(C)C. The van der Waals surface area contributed by atoms with Crippen LogP contribution in [0.2, 0.25) is 0 Å². The van der Waals surface area contributed by atoms with Crippen molar-refractivity contribution in [1.82, 2.24) is 15.5 Å². The van der Waals surface area contributed by atoms with E-state index in [1.54, 1.807) is 0 Å². The normalized spacial score (nSPS) is 11.5. The number of nitrogens with one attached hydrogen (secondary N) is 2. The van der Waals surface area contributed by atoms with Crippen LogP contribution in [-0.4, -0.2) is 50.7 Å². The summed E-state index contributed by atoms with van der Waals surface area (Å²) in [5, 5.41) is 6.52. The molecule has 0 unspecified atom stereocenters. The second-order valence-corrected chi connectivity index (χ2v) is 3.58. The van der Waals surface area contributed by atoms with Crippen LogP contribution in [-0.2, 0) is 0 Å². The van der Waals surface area contributed by atoms with Gasteiger partial charge in [0.2, 0.25) is 0 Å². The van der Waals surface area contributed by atoms with E-state index in [0.717, 1.165) is 32.7 Å². The maximum Gasteiger partial charge on any atom is 0.0109 e. The molecule has 0 aliphatic heterocycles. The Morgan fingerprint density at radius 1 is 1.15 bits per heavy atom. The summed E-state index contributed by atoms with van der Waals surface area (Å²) in [4.78, 5) is 2.46. The van der Waals surface area contributed by atoms with E-state index in [1.165, 1.54) is 0 Å². The molecule has 3 nitrogen and oxygen atoms in total. The van der Waals surface area contributed by atoms with Crippen molar-refractivity contribution in [2.75, 3.05) is 39.8 Å². The lowest BCUT2D eigenvalue weighted by Crippen LogP contribution is -2.38. The standard InChI is InChI=1S/C10H25N3/c1-5-13(10(2)3)9-8-12-7-6-11-4/h10-12H,5-9H2,1-4H3. The molecule has 0 amide bonds. The fraction of sp³-hybridized carbons (Fsp3) is 1.00. The first-order chi connectivity index (χ1) is 6.22. The number of rotatable bonds is 8. The van der Waals surface area contributed by atoms with Gasteiger partial charge in [0.25, 0.3) is 0 Å². The molecular formula is C10H25N3. The molecule has 3 heteroatoms. The van der Waals surface area contributed by atoms with Gasteiger partial charge in [0.15, 0.2) is 0 Å². The molecule has 0 saturated carbocycles. The molecule has 13 heavy (non-hydrogen) atoms. The van der Waals surface area contributed by atoms with E-state index >= 15 is 0 Å². The predicted octanol–water partition coefficient (Wildman–Crippen LogP) is 0.526. The summed E-state index contributed by atoms with van der Waals surface area (Å²) >= 11 is 0. The van der Waals surface area contributed by atoms with Gasteiger partial charge in [0, 0.05) is 32.2 Å². The highest BCUT2D eigenvalue weighted by atomic mass is 15.2. The zero-order chi connectivity index (χ0) is 10.1. The molecule has 0 aromatic heterocycles. The van der Waals surface area contributed by atoms with Crippen LogP contribution in [0.3, 0.4) is 0 Å². The molecule has 2 N–H and O–H groups in total. The minimum atomic E-state index is 0.663. The summed E-state index contributed by atoms with van der Waals surface area (Å²) < 4.78 is 0. The molecule has 0 saturated heterocycles. The Kier molecular flexibility index (Phi) is 8.40. The summed E-state index contributed by atoms with van der Waals surface area (Å²) in [6.45, 7) is 12.2. The Morgan fingerprint density at radius 2 is 1.85 bits per heavy atom. The van der Waals surface area contributed by atoms with Gasteiger partial charge < -0.3 is 10.6 Å². The van der Waals surface area contributed by atoms with E-state index < -0.39 is 0 Å². The lowest BCUT2D eigenvalue weighted by molar-refractivity contribution is 0.234. The van der Waals surface area contributed by atoms with E-state index in [1.807, 2.05) is 7.05 Å². The first-order valence-corrected chi connectivity index (χ1v) is 5.31. The molecule has 0 aliphatic rings. The van der Waals surface area contributed by atoms with E-state index in [-0.39, 0.29) is 0 Å². The fourth-order valence-corrected chi connectivity index (χ4v) is 1.34. The molecule has 0 atom stereocenters. The third kappa shape index (κ3) is 6.99. The highest BCUT2D eigenvalue weighted by Gasteiger charge is 2.04. The van der Waals surface area contributed by atoms with Crippen LogP contribution in [0.1, 0.15) is 20.8 Å². The summed E-state index contributed by atoms with van der Waals surface area (Å²) in [6, 6.07) is 0.663. The van der Waals surface area contributed by atoms with Crippen LogP contribution < -0.4 is 10.6 Å². The van der Waals surface area contributed by atoms with Gasteiger partial charge in [-0.2, -0.15) is 0 Å². The second kappa shape index (κ2) is 8.48. The van der Waals surface area contributed by atoms with Crippen molar-refractivity contribution < 1.29 is 0 Å². The third-order valence-corrected chi connectivity index (χ3v) is 2.26. The lowest BCUT2D eigenvalue weighted by atomic mass is 10.3. The van der Waals surface area contributed by atoms with Crippen LogP contribution >= 0.6 is 0 Å². The number of hydrogen-bond donors (Lipinski definition) is 2. The number of likely N-dealkylation sites (N-methyl/N-ethyl adjacent to an activating group) is 2. The fourth-order valence-electron chi connectivity index (χ4n) is 1.34. The quantitative estimate of drug-likeness (QED) is 0.543. The van der Waals surface area contributed by atoms with Crippen LogP contribution in [0.5, 0.6) is 0 Å². The highest BCUT2D eigenvalue weighted by molar-refractivity contribution is 4.62. The van der Waals surface area contributed by atoms with Gasteiger partial charge in [-0.25, -0.2) is 0 Å². The van der Waals surface area contributed by atoms with Crippen LogP contribution in [0.25, 0.3) is 0 Å². The number of nitrogens with zero attached hydrogens (tertiary/aromatic N) is 1. The zero-order valence-corrected chi connectivity index (χ0v) is 9.56. The van der Waals surface area contributed by atoms with Crippen LogP contribution in [0.15, 0.2) is 0 Å². The molecule has 0 heterocycles. The molecule has 0 aliphatic carbocycles. The van der Waals surface area contributed by atoms with Crippen molar-refractivity contribution in [1.29, 1.82) is 0 Å². The highest BCUT2D eigenvalue weighted by Crippen LogP contribution is 1.94. The minimum absolute atomic E-state index is 0.663. The van der Waals surface area contributed by atoms with Gasteiger partial charge >= 0.3 is 0 Å². The van der Waals surface area contributed by atoms with Crippen LogP contribution in [0.4, 0.5) is 0 Å². The van der Waals surface area contributed by atoms with Crippen molar-refractivity contribution in [3.05, 3.63) is 0 Å². The largest absolute Gasteiger partial charge is 0.318 e. The maximum absolute atomic E-state index is 3.40. The van der Waals surface area contributed by atoms with Gasteiger partial charge in [0.1, 0.15) is 0 Å². The maximum atomic E-state index is 3.40. The van der Waals surface area contributed by atoms with Gasteiger partial charge in [-0.1, -0.05) is 6.92 Å². The van der Waals surface area contributed by atoms with E-state index in [4.69, 9.17) is 0 Å². The lowest BCUT2D eigenvalue weighted by Gasteiger charge is -2.24. The van der Waals surface area contributed by atoms with Crippen molar-refractivity contribution in [2.45, 2.75) is 26.8 Å². The molecule has 0 aromatic carbocycles. The molecule has 0 aromatic rings. The average molecular weight is 187 g/mol. The second-order valence-electron chi connectivity index (χ2n) is 3.58. The smallest absolute Gasteiger partial charge is 0.0109 e. The zero-order valence-electron chi connectivity index (χ0n) is 9.56. The van der Waals surface area contributed by atoms with Crippen LogP contribution in [0, 0.1) is 0 Å². The molecule has 0 fully saturated rings. The van der Waals surface area contributed by atoms with Crippen molar-refractivity contribution >= 4 is 0 Å². The summed E-state index contributed by atoms with van der Waals surface area (Å²) in [7, 11) is 1.98. The molecule has 0 spiro atoms. The predicted molar refractivity (Wildman–Crippen MR) is 59.2 cm³/mol. The average Bonchev–Trinajstić information content (AvgIpc) is 2.10. The summed E-state index contributed by atoms with van der Waals surface area (Å²) in [5.41, 5.74) is 0. The molecule has 80 valence electrons. The Labute approximate surface area is 82.9 Å². The molecule has 0 rings (SSSR count). The van der Waals surface area contributed by atoms with Crippen molar-refractivity contribution in [2.24, 2.45) is 0 Å². The monoisotopic (exact) mass is 187 g/mol. The third-order valence-electron chi connectivity index (χ3n) is 2.26. The number of hydrogen-bond acceptors (Lipinski definition) is 3. The summed E-state index contributed by atoms with van der Waals surface area (Å²) in [6.07, 6.45) is 0. The van der Waals surface area contributed by atoms with E-state index in [0.29, 0.717) is 6.04 Å². The van der Waals surface area contributed by atoms with Gasteiger partial charge in [-0.05, 0) is 27.4 Å². The van der Waals surface area contributed by atoms with E-state index in [2.05, 4.69) is 36.3 Å². The molecule has 0 bridgehead atoms. The van der Waals surface area contributed by atoms with Crippen molar-refractivity contribution in [3.63, 3.8) is 0 Å². The Morgan fingerprint density at radius 3 is 2.31 bits per heavy atom. The van der Waals surface area contributed by atoms with E-state index in [9.17, 15) is 0 Å². The minimum Gasteiger partial charge on any atom is -0.318 e. The Bertz CT molecular complexity index is 104. The Hall–Kier alpha value is -0.120. The first-order valence-electron chi connectivity index (χ1n) is 5.31. The molecular weight excluding hydrogens is 162 g/mol. The topological polar surface area (TPSA) is 27.3 Å². The van der Waals surface area contributed by atoms with Gasteiger partial charge in [0.05, 0.1) is 0 Å². The van der Waals surface area contributed by atoms with Crippen molar-refractivity contribution in [3.8, 4) is 0 Å². The first kappa shape index (κ1) is 12.9.